The highest BCUT2D eigenvalue weighted by molar-refractivity contribution is 5.06. The summed E-state index contributed by atoms with van der Waals surface area (Å²) in [5, 5.41) is 3.80. The molecule has 2 heterocycles. The molecule has 19 heavy (non-hydrogen) atoms. The smallest absolute Gasteiger partial charge is 0.0947 e. The fourth-order valence-electron chi connectivity index (χ4n) is 3.86. The van der Waals surface area contributed by atoms with Crippen molar-refractivity contribution in [1.29, 1.82) is 0 Å². The largest absolute Gasteiger partial charge is 0.472 e. The van der Waals surface area contributed by atoms with E-state index in [9.17, 15) is 0 Å². The van der Waals surface area contributed by atoms with Crippen molar-refractivity contribution in [2.45, 2.75) is 51.7 Å². The Morgan fingerprint density at radius 1 is 1.32 bits per heavy atom. The molecule has 2 bridgehead atoms. The van der Waals surface area contributed by atoms with Gasteiger partial charge < -0.3 is 14.6 Å². The SMILES string of the molecule is CC(C)N1CC2CCCC(C1)C2NCc1ccoc1. The van der Waals surface area contributed by atoms with Gasteiger partial charge in [-0.05, 0) is 44.6 Å². The molecule has 1 saturated carbocycles. The standard InChI is InChI=1S/C16H26N2O/c1-12(2)18-9-14-4-3-5-15(10-18)16(14)17-8-13-6-7-19-11-13/h6-7,11-12,14-17H,3-5,8-10H2,1-2H3. The summed E-state index contributed by atoms with van der Waals surface area (Å²) < 4.78 is 5.15. The van der Waals surface area contributed by atoms with Crippen LogP contribution in [0.5, 0.6) is 0 Å². The molecular formula is C16H26N2O. The van der Waals surface area contributed by atoms with Gasteiger partial charge in [0.1, 0.15) is 0 Å². The second-order valence-corrected chi connectivity index (χ2v) is 6.54. The number of piperidine rings is 1. The van der Waals surface area contributed by atoms with Crippen molar-refractivity contribution in [2.24, 2.45) is 11.8 Å². The van der Waals surface area contributed by atoms with Crippen LogP contribution in [-0.4, -0.2) is 30.1 Å². The van der Waals surface area contributed by atoms with Crippen LogP contribution in [0.1, 0.15) is 38.7 Å². The molecule has 1 aliphatic carbocycles. The molecular weight excluding hydrogens is 236 g/mol. The van der Waals surface area contributed by atoms with Crippen molar-refractivity contribution in [3.8, 4) is 0 Å². The van der Waals surface area contributed by atoms with E-state index in [1.807, 2.05) is 6.26 Å². The van der Waals surface area contributed by atoms with Gasteiger partial charge in [-0.3, -0.25) is 0 Å². The molecule has 3 heteroatoms. The number of hydrogen-bond donors (Lipinski definition) is 1. The fourth-order valence-corrected chi connectivity index (χ4v) is 3.86. The number of likely N-dealkylation sites (tertiary alicyclic amines) is 1. The molecule has 0 spiro atoms. The van der Waals surface area contributed by atoms with Gasteiger partial charge in [-0.2, -0.15) is 0 Å². The van der Waals surface area contributed by atoms with Gasteiger partial charge in [0.2, 0.25) is 0 Å². The normalized spacial score (nSPS) is 31.8. The van der Waals surface area contributed by atoms with Crippen molar-refractivity contribution in [1.82, 2.24) is 10.2 Å². The van der Waals surface area contributed by atoms with Crippen LogP contribution in [0.4, 0.5) is 0 Å². The molecule has 0 amide bonds. The first-order valence-electron chi connectivity index (χ1n) is 7.72. The lowest BCUT2D eigenvalue weighted by Gasteiger charge is -2.49. The van der Waals surface area contributed by atoms with E-state index < -0.39 is 0 Å². The Labute approximate surface area is 116 Å². The van der Waals surface area contributed by atoms with E-state index >= 15 is 0 Å². The molecule has 2 unspecified atom stereocenters. The van der Waals surface area contributed by atoms with Gasteiger partial charge in [0.05, 0.1) is 12.5 Å². The molecule has 3 rings (SSSR count). The van der Waals surface area contributed by atoms with E-state index in [4.69, 9.17) is 4.42 Å². The van der Waals surface area contributed by atoms with Crippen LogP contribution in [0, 0.1) is 11.8 Å². The molecule has 0 aromatic carbocycles. The predicted octanol–water partition coefficient (Wildman–Crippen LogP) is 2.88. The van der Waals surface area contributed by atoms with E-state index in [1.54, 1.807) is 6.26 Å². The van der Waals surface area contributed by atoms with Crippen molar-refractivity contribution in [2.75, 3.05) is 13.1 Å². The lowest BCUT2D eigenvalue weighted by molar-refractivity contribution is 0.0290. The average Bonchev–Trinajstić information content (AvgIpc) is 2.88. The van der Waals surface area contributed by atoms with Crippen LogP contribution >= 0.6 is 0 Å². The molecule has 2 fully saturated rings. The highest BCUT2D eigenvalue weighted by Crippen LogP contribution is 2.35. The maximum absolute atomic E-state index is 5.15. The van der Waals surface area contributed by atoms with Crippen molar-refractivity contribution >= 4 is 0 Å². The Bertz CT molecular complexity index is 373. The molecule has 106 valence electrons. The Hall–Kier alpha value is -0.800. The summed E-state index contributed by atoms with van der Waals surface area (Å²) in [6.07, 6.45) is 7.82. The molecule has 1 saturated heterocycles. The number of nitrogens with one attached hydrogen (secondary N) is 1. The molecule has 0 radical (unpaired) electrons. The Morgan fingerprint density at radius 2 is 2.05 bits per heavy atom. The Kier molecular flexibility index (Phi) is 3.94. The number of furan rings is 1. The third kappa shape index (κ3) is 2.87. The van der Waals surface area contributed by atoms with Crippen LogP contribution in [0.15, 0.2) is 23.0 Å². The minimum absolute atomic E-state index is 0.693. The number of rotatable bonds is 4. The average molecular weight is 262 g/mol. The van der Waals surface area contributed by atoms with Crippen LogP contribution in [0.25, 0.3) is 0 Å². The first-order valence-corrected chi connectivity index (χ1v) is 7.72. The van der Waals surface area contributed by atoms with Crippen LogP contribution in [0.3, 0.4) is 0 Å². The quantitative estimate of drug-likeness (QED) is 0.904. The van der Waals surface area contributed by atoms with E-state index in [0.717, 1.165) is 18.4 Å². The molecule has 1 N–H and O–H groups in total. The second kappa shape index (κ2) is 5.68. The van der Waals surface area contributed by atoms with Crippen molar-refractivity contribution in [3.05, 3.63) is 24.2 Å². The summed E-state index contributed by atoms with van der Waals surface area (Å²) in [4.78, 5) is 2.67. The Morgan fingerprint density at radius 3 is 2.63 bits per heavy atom. The lowest BCUT2D eigenvalue weighted by atomic mass is 9.73. The highest BCUT2D eigenvalue weighted by atomic mass is 16.3. The molecule has 1 aromatic heterocycles. The fraction of sp³-hybridized carbons (Fsp3) is 0.750. The summed E-state index contributed by atoms with van der Waals surface area (Å²) in [5.41, 5.74) is 1.27. The van der Waals surface area contributed by atoms with Crippen molar-refractivity contribution < 1.29 is 4.42 Å². The summed E-state index contributed by atoms with van der Waals surface area (Å²) >= 11 is 0. The van der Waals surface area contributed by atoms with E-state index in [-0.39, 0.29) is 0 Å². The van der Waals surface area contributed by atoms with Gasteiger partial charge in [-0.25, -0.2) is 0 Å². The van der Waals surface area contributed by atoms with Crippen LogP contribution in [0.2, 0.25) is 0 Å². The van der Waals surface area contributed by atoms with E-state index in [1.165, 1.54) is 37.9 Å². The maximum atomic E-state index is 5.15. The highest BCUT2D eigenvalue weighted by Gasteiger charge is 2.39. The first-order chi connectivity index (χ1) is 9.24. The zero-order chi connectivity index (χ0) is 13.2. The molecule has 1 aliphatic heterocycles. The maximum Gasteiger partial charge on any atom is 0.0947 e. The van der Waals surface area contributed by atoms with Gasteiger partial charge in [-0.15, -0.1) is 0 Å². The van der Waals surface area contributed by atoms with E-state index in [0.29, 0.717) is 12.1 Å². The molecule has 2 atom stereocenters. The number of nitrogens with zero attached hydrogens (tertiary/aromatic N) is 1. The van der Waals surface area contributed by atoms with Crippen molar-refractivity contribution in [3.63, 3.8) is 0 Å². The van der Waals surface area contributed by atoms with Crippen LogP contribution in [-0.2, 0) is 6.54 Å². The summed E-state index contributed by atoms with van der Waals surface area (Å²) in [6, 6.07) is 3.46. The molecule has 1 aromatic rings. The summed E-state index contributed by atoms with van der Waals surface area (Å²) in [7, 11) is 0. The topological polar surface area (TPSA) is 28.4 Å². The second-order valence-electron chi connectivity index (χ2n) is 6.54. The third-order valence-electron chi connectivity index (χ3n) is 4.96. The van der Waals surface area contributed by atoms with Gasteiger partial charge in [0, 0.05) is 37.3 Å². The summed E-state index contributed by atoms with van der Waals surface area (Å²) in [6.45, 7) is 8.16. The molecule has 2 aliphatic rings. The molecule has 3 nitrogen and oxygen atoms in total. The van der Waals surface area contributed by atoms with Gasteiger partial charge in [0.15, 0.2) is 0 Å². The minimum atomic E-state index is 0.693. The number of hydrogen-bond acceptors (Lipinski definition) is 3. The Balaban J connectivity index is 1.62. The minimum Gasteiger partial charge on any atom is -0.472 e. The lowest BCUT2D eigenvalue weighted by Crippen LogP contribution is -2.58. The first kappa shape index (κ1) is 13.2. The predicted molar refractivity (Wildman–Crippen MR) is 76.9 cm³/mol. The third-order valence-corrected chi connectivity index (χ3v) is 4.96. The number of fused-ring (bicyclic) bond motifs is 2. The zero-order valence-electron chi connectivity index (χ0n) is 12.1. The van der Waals surface area contributed by atoms with Crippen LogP contribution < -0.4 is 5.32 Å². The summed E-state index contributed by atoms with van der Waals surface area (Å²) in [5.74, 6) is 1.67. The van der Waals surface area contributed by atoms with Gasteiger partial charge in [0.25, 0.3) is 0 Å². The van der Waals surface area contributed by atoms with Gasteiger partial charge >= 0.3 is 0 Å². The zero-order valence-corrected chi connectivity index (χ0v) is 12.1. The van der Waals surface area contributed by atoms with Gasteiger partial charge in [-0.1, -0.05) is 6.42 Å². The van der Waals surface area contributed by atoms with E-state index in [2.05, 4.69) is 30.1 Å². The monoisotopic (exact) mass is 262 g/mol.